The minimum absolute atomic E-state index is 0.194. The van der Waals surface area contributed by atoms with Crippen LogP contribution < -0.4 is 15.2 Å². The third-order valence-electron chi connectivity index (χ3n) is 3.69. The van der Waals surface area contributed by atoms with E-state index in [1.165, 1.54) is 16.0 Å². The molecule has 0 aliphatic heterocycles. The second-order valence-electron chi connectivity index (χ2n) is 5.17. The number of methoxy groups -OCH3 is 2. The summed E-state index contributed by atoms with van der Waals surface area (Å²) in [5.74, 6) is 2.12. The molecule has 4 aromatic rings. The molecule has 0 fully saturated rings. The zero-order chi connectivity index (χ0) is 18.1. The van der Waals surface area contributed by atoms with Crippen molar-refractivity contribution in [1.82, 2.24) is 25.1 Å². The van der Waals surface area contributed by atoms with Crippen LogP contribution in [0.5, 0.6) is 11.5 Å². The molecule has 26 heavy (non-hydrogen) atoms. The van der Waals surface area contributed by atoms with Gasteiger partial charge < -0.3 is 19.7 Å². The molecule has 3 heterocycles. The van der Waals surface area contributed by atoms with Crippen molar-refractivity contribution in [3.63, 3.8) is 0 Å². The van der Waals surface area contributed by atoms with Crippen molar-refractivity contribution in [2.45, 2.75) is 0 Å². The van der Waals surface area contributed by atoms with E-state index in [-0.39, 0.29) is 11.7 Å². The van der Waals surface area contributed by atoms with Gasteiger partial charge in [0, 0.05) is 6.07 Å². The zero-order valence-electron chi connectivity index (χ0n) is 13.9. The maximum Gasteiger partial charge on any atom is 0.282 e. The summed E-state index contributed by atoms with van der Waals surface area (Å²) in [6, 6.07) is 9.10. The van der Waals surface area contributed by atoms with Crippen molar-refractivity contribution < 1.29 is 14.0 Å². The lowest BCUT2D eigenvalue weighted by Crippen LogP contribution is -2.05. The summed E-state index contributed by atoms with van der Waals surface area (Å²) in [6.45, 7) is 0. The number of hydrogen-bond donors (Lipinski definition) is 1. The van der Waals surface area contributed by atoms with E-state index in [9.17, 15) is 0 Å². The maximum atomic E-state index is 6.23. The van der Waals surface area contributed by atoms with E-state index in [1.54, 1.807) is 32.4 Å². The Labute approximate surface area is 152 Å². The molecule has 0 unspecified atom stereocenters. The van der Waals surface area contributed by atoms with Gasteiger partial charge in [0.25, 0.3) is 5.89 Å². The van der Waals surface area contributed by atoms with Crippen LogP contribution in [0.4, 0.5) is 5.82 Å². The summed E-state index contributed by atoms with van der Waals surface area (Å²) in [4.78, 5) is 5.24. The first-order chi connectivity index (χ1) is 12.7. The topological polar surface area (TPSA) is 114 Å². The van der Waals surface area contributed by atoms with E-state index in [0.29, 0.717) is 28.7 Å². The standard InChI is InChI=1S/C16H14N6O3S/c1-23-9-5-6-11(24-2)10(8-9)22-14(17)13(19-21-22)16-18-15(20-25-16)12-4-3-7-26-12/h3-8H,17H2,1-2H3. The van der Waals surface area contributed by atoms with Gasteiger partial charge in [0.05, 0.1) is 19.1 Å². The molecule has 0 radical (unpaired) electrons. The Bertz CT molecular complexity index is 1040. The highest BCUT2D eigenvalue weighted by Crippen LogP contribution is 2.32. The van der Waals surface area contributed by atoms with E-state index < -0.39 is 0 Å². The average Bonchev–Trinajstić information content (AvgIpc) is 3.41. The van der Waals surface area contributed by atoms with E-state index in [2.05, 4.69) is 20.5 Å². The Morgan fingerprint density at radius 3 is 2.81 bits per heavy atom. The minimum atomic E-state index is 0.194. The Balaban J connectivity index is 1.76. The van der Waals surface area contributed by atoms with E-state index in [4.69, 9.17) is 19.7 Å². The first-order valence-electron chi connectivity index (χ1n) is 7.52. The molecular formula is C16H14N6O3S. The van der Waals surface area contributed by atoms with Gasteiger partial charge in [0.2, 0.25) is 5.82 Å². The molecule has 132 valence electrons. The monoisotopic (exact) mass is 370 g/mol. The zero-order valence-corrected chi connectivity index (χ0v) is 14.7. The lowest BCUT2D eigenvalue weighted by atomic mass is 10.2. The van der Waals surface area contributed by atoms with Gasteiger partial charge in [-0.3, -0.25) is 0 Å². The Morgan fingerprint density at radius 2 is 2.08 bits per heavy atom. The highest BCUT2D eigenvalue weighted by molar-refractivity contribution is 7.13. The molecule has 10 heteroatoms. The van der Waals surface area contributed by atoms with Crippen LogP contribution in [0.1, 0.15) is 0 Å². The van der Waals surface area contributed by atoms with E-state index in [1.807, 2.05) is 17.5 Å². The average molecular weight is 370 g/mol. The smallest absolute Gasteiger partial charge is 0.282 e. The van der Waals surface area contributed by atoms with Gasteiger partial charge in [-0.05, 0) is 23.6 Å². The number of ether oxygens (including phenoxy) is 2. The van der Waals surface area contributed by atoms with Crippen molar-refractivity contribution in [3.05, 3.63) is 35.7 Å². The maximum absolute atomic E-state index is 6.23. The number of nitrogens with zero attached hydrogens (tertiary/aromatic N) is 5. The number of anilines is 1. The fourth-order valence-electron chi connectivity index (χ4n) is 2.41. The normalized spacial score (nSPS) is 10.8. The molecule has 0 saturated heterocycles. The molecule has 2 N–H and O–H groups in total. The van der Waals surface area contributed by atoms with E-state index >= 15 is 0 Å². The van der Waals surface area contributed by atoms with Crippen LogP contribution in [0.25, 0.3) is 28.0 Å². The molecule has 0 amide bonds. The Morgan fingerprint density at radius 1 is 1.19 bits per heavy atom. The lowest BCUT2D eigenvalue weighted by Gasteiger charge is -2.10. The molecule has 0 aliphatic rings. The molecule has 0 saturated carbocycles. The molecule has 0 atom stereocenters. The first-order valence-corrected chi connectivity index (χ1v) is 8.40. The number of nitrogens with two attached hydrogens (primary N) is 1. The van der Waals surface area contributed by atoms with Crippen LogP contribution in [0, 0.1) is 0 Å². The van der Waals surface area contributed by atoms with Gasteiger partial charge in [-0.25, -0.2) is 0 Å². The van der Waals surface area contributed by atoms with Gasteiger partial charge in [-0.1, -0.05) is 16.4 Å². The predicted molar refractivity (Wildman–Crippen MR) is 95.5 cm³/mol. The van der Waals surface area contributed by atoms with Crippen molar-refractivity contribution in [2.24, 2.45) is 0 Å². The highest BCUT2D eigenvalue weighted by atomic mass is 32.1. The van der Waals surface area contributed by atoms with E-state index in [0.717, 1.165) is 4.88 Å². The summed E-state index contributed by atoms with van der Waals surface area (Å²) in [5.41, 5.74) is 7.11. The fraction of sp³-hybridized carbons (Fsp3) is 0.125. The quantitative estimate of drug-likeness (QED) is 0.570. The second kappa shape index (κ2) is 6.48. The van der Waals surface area contributed by atoms with Crippen LogP contribution in [0.15, 0.2) is 40.2 Å². The molecule has 0 bridgehead atoms. The summed E-state index contributed by atoms with van der Waals surface area (Å²) >= 11 is 1.51. The summed E-state index contributed by atoms with van der Waals surface area (Å²) < 4.78 is 17.4. The molecular weight excluding hydrogens is 356 g/mol. The van der Waals surface area contributed by atoms with Gasteiger partial charge in [-0.2, -0.15) is 9.67 Å². The number of aromatic nitrogens is 5. The first kappa shape index (κ1) is 16.1. The number of thiophene rings is 1. The number of nitrogen functional groups attached to an aromatic ring is 1. The predicted octanol–water partition coefficient (Wildman–Crippen LogP) is 2.65. The summed E-state index contributed by atoms with van der Waals surface area (Å²) in [5, 5.41) is 14.1. The SMILES string of the molecule is COc1ccc(OC)c(-n2nnc(-c3nc(-c4cccs4)no3)c2N)c1. The van der Waals surface area contributed by atoms with Crippen LogP contribution >= 0.6 is 11.3 Å². The molecule has 0 aliphatic carbocycles. The largest absolute Gasteiger partial charge is 0.497 e. The van der Waals surface area contributed by atoms with Crippen LogP contribution in [-0.2, 0) is 0 Å². The lowest BCUT2D eigenvalue weighted by molar-refractivity contribution is 0.400. The van der Waals surface area contributed by atoms with Crippen molar-refractivity contribution in [2.75, 3.05) is 20.0 Å². The van der Waals surface area contributed by atoms with Crippen molar-refractivity contribution in [1.29, 1.82) is 0 Å². The van der Waals surface area contributed by atoms with Gasteiger partial charge in [0.15, 0.2) is 11.5 Å². The Kier molecular flexibility index (Phi) is 4.01. The number of rotatable bonds is 5. The minimum Gasteiger partial charge on any atom is -0.497 e. The second-order valence-corrected chi connectivity index (χ2v) is 6.12. The van der Waals surface area contributed by atoms with Crippen molar-refractivity contribution in [3.8, 4) is 39.5 Å². The number of benzene rings is 1. The molecule has 3 aromatic heterocycles. The third-order valence-corrected chi connectivity index (χ3v) is 4.56. The highest BCUT2D eigenvalue weighted by Gasteiger charge is 2.21. The van der Waals surface area contributed by atoms with Crippen molar-refractivity contribution >= 4 is 17.2 Å². The third kappa shape index (κ3) is 2.65. The van der Waals surface area contributed by atoms with Gasteiger partial charge in [0.1, 0.15) is 17.2 Å². The van der Waals surface area contributed by atoms with Crippen LogP contribution in [-0.4, -0.2) is 39.4 Å². The van der Waals surface area contributed by atoms with Crippen LogP contribution in [0.2, 0.25) is 0 Å². The van der Waals surface area contributed by atoms with Gasteiger partial charge >= 0.3 is 0 Å². The van der Waals surface area contributed by atoms with Gasteiger partial charge in [-0.15, -0.1) is 16.4 Å². The molecule has 4 rings (SSSR count). The fourth-order valence-corrected chi connectivity index (χ4v) is 3.06. The molecule has 1 aromatic carbocycles. The number of hydrogen-bond acceptors (Lipinski definition) is 9. The summed E-state index contributed by atoms with van der Waals surface area (Å²) in [6.07, 6.45) is 0. The molecule has 0 spiro atoms. The Hall–Kier alpha value is -3.40. The van der Waals surface area contributed by atoms with Crippen LogP contribution in [0.3, 0.4) is 0 Å². The molecule has 9 nitrogen and oxygen atoms in total. The summed E-state index contributed by atoms with van der Waals surface area (Å²) in [7, 11) is 3.14.